The van der Waals surface area contributed by atoms with E-state index in [0.29, 0.717) is 44.8 Å². The molecular weight excluding hydrogens is 334 g/mol. The summed E-state index contributed by atoms with van der Waals surface area (Å²) in [6.07, 6.45) is 0.988. The third-order valence-corrected chi connectivity index (χ3v) is 4.55. The van der Waals surface area contributed by atoms with Crippen LogP contribution < -0.4 is 10.5 Å². The van der Waals surface area contributed by atoms with Crippen LogP contribution in [0.25, 0.3) is 0 Å². The number of sulfonamides is 1. The fourth-order valence-electron chi connectivity index (χ4n) is 2.32. The number of morpholine rings is 1. The Bertz CT molecular complexity index is 682. The number of benzene rings is 1. The van der Waals surface area contributed by atoms with Crippen LogP contribution in [-0.2, 0) is 24.3 Å². The molecule has 2 amide bonds. The first-order chi connectivity index (χ1) is 11.4. The highest BCUT2D eigenvalue weighted by atomic mass is 32.2. The number of primary sulfonamides is 1. The van der Waals surface area contributed by atoms with E-state index in [1.54, 1.807) is 4.90 Å². The van der Waals surface area contributed by atoms with Gasteiger partial charge in [0.2, 0.25) is 21.8 Å². The number of amides is 2. The molecule has 8 nitrogen and oxygen atoms in total. The van der Waals surface area contributed by atoms with Crippen molar-refractivity contribution in [3.8, 4) is 0 Å². The molecule has 0 aromatic heterocycles. The third-order valence-electron chi connectivity index (χ3n) is 3.62. The molecule has 0 radical (unpaired) electrons. The van der Waals surface area contributed by atoms with Crippen molar-refractivity contribution in [1.82, 2.24) is 4.90 Å². The molecule has 1 aromatic carbocycles. The van der Waals surface area contributed by atoms with E-state index in [4.69, 9.17) is 9.88 Å². The Labute approximate surface area is 141 Å². The SMILES string of the molecule is NS(=O)(=O)c1ccc(NC(=O)CCCC(=O)N2CCOCC2)cc1. The maximum atomic E-state index is 11.9. The van der Waals surface area contributed by atoms with Gasteiger partial charge in [-0.05, 0) is 30.7 Å². The van der Waals surface area contributed by atoms with Gasteiger partial charge < -0.3 is 15.0 Å². The summed E-state index contributed by atoms with van der Waals surface area (Å²) in [5.74, 6) is -0.197. The third kappa shape index (κ3) is 5.59. The number of carbonyl (C=O) groups excluding carboxylic acids is 2. The van der Waals surface area contributed by atoms with Crippen molar-refractivity contribution in [2.45, 2.75) is 24.2 Å². The van der Waals surface area contributed by atoms with Gasteiger partial charge in [0.05, 0.1) is 18.1 Å². The van der Waals surface area contributed by atoms with Crippen molar-refractivity contribution in [2.24, 2.45) is 5.14 Å². The zero-order chi connectivity index (χ0) is 17.6. The number of nitrogens with zero attached hydrogens (tertiary/aromatic N) is 1. The summed E-state index contributed by atoms with van der Waals surface area (Å²) >= 11 is 0. The first-order valence-electron chi connectivity index (χ1n) is 7.64. The van der Waals surface area contributed by atoms with Crippen LogP contribution in [0.15, 0.2) is 29.2 Å². The largest absolute Gasteiger partial charge is 0.378 e. The van der Waals surface area contributed by atoms with E-state index < -0.39 is 10.0 Å². The number of carbonyl (C=O) groups is 2. The molecule has 24 heavy (non-hydrogen) atoms. The number of ether oxygens (including phenoxy) is 1. The Morgan fingerprint density at radius 3 is 2.33 bits per heavy atom. The van der Waals surface area contributed by atoms with Crippen LogP contribution in [0, 0.1) is 0 Å². The van der Waals surface area contributed by atoms with Gasteiger partial charge in [0, 0.05) is 31.6 Å². The summed E-state index contributed by atoms with van der Waals surface area (Å²) in [5.41, 5.74) is 0.479. The molecule has 0 saturated carbocycles. The molecule has 0 unspecified atom stereocenters. The van der Waals surface area contributed by atoms with Gasteiger partial charge in [0.25, 0.3) is 0 Å². The van der Waals surface area contributed by atoms with E-state index >= 15 is 0 Å². The molecule has 3 N–H and O–H groups in total. The van der Waals surface area contributed by atoms with Crippen molar-refractivity contribution in [1.29, 1.82) is 0 Å². The van der Waals surface area contributed by atoms with E-state index in [-0.39, 0.29) is 23.1 Å². The van der Waals surface area contributed by atoms with Crippen molar-refractivity contribution < 1.29 is 22.7 Å². The molecule has 0 bridgehead atoms. The van der Waals surface area contributed by atoms with E-state index in [2.05, 4.69) is 5.32 Å². The molecule has 0 spiro atoms. The number of nitrogens with one attached hydrogen (secondary N) is 1. The van der Waals surface area contributed by atoms with Gasteiger partial charge in [-0.15, -0.1) is 0 Å². The molecule has 1 aromatic rings. The standard InChI is InChI=1S/C15H21N3O5S/c16-24(21,22)13-6-4-12(5-7-13)17-14(19)2-1-3-15(20)18-8-10-23-11-9-18/h4-7H,1-3,8-11H2,(H,17,19)(H2,16,21,22). The fourth-order valence-corrected chi connectivity index (χ4v) is 2.84. The monoisotopic (exact) mass is 355 g/mol. The lowest BCUT2D eigenvalue weighted by atomic mass is 10.2. The highest BCUT2D eigenvalue weighted by Crippen LogP contribution is 2.13. The number of hydrogen-bond acceptors (Lipinski definition) is 5. The molecule has 1 fully saturated rings. The summed E-state index contributed by atoms with van der Waals surface area (Å²) in [6, 6.07) is 5.59. The van der Waals surface area contributed by atoms with Crippen LogP contribution in [0.3, 0.4) is 0 Å². The van der Waals surface area contributed by atoms with E-state index in [9.17, 15) is 18.0 Å². The number of nitrogens with two attached hydrogens (primary N) is 1. The first kappa shape index (κ1) is 18.4. The summed E-state index contributed by atoms with van der Waals surface area (Å²) < 4.78 is 27.5. The quantitative estimate of drug-likeness (QED) is 0.761. The minimum atomic E-state index is -3.75. The number of hydrogen-bond donors (Lipinski definition) is 2. The highest BCUT2D eigenvalue weighted by Gasteiger charge is 2.16. The molecule has 1 heterocycles. The lowest BCUT2D eigenvalue weighted by Crippen LogP contribution is -2.40. The van der Waals surface area contributed by atoms with Gasteiger partial charge in [0.15, 0.2) is 0 Å². The zero-order valence-electron chi connectivity index (χ0n) is 13.2. The molecule has 1 aliphatic rings. The predicted octanol–water partition coefficient (Wildman–Crippen LogP) is 0.302. The minimum absolute atomic E-state index is 0.0170. The van der Waals surface area contributed by atoms with Crippen LogP contribution in [-0.4, -0.2) is 51.4 Å². The van der Waals surface area contributed by atoms with Crippen molar-refractivity contribution in [3.05, 3.63) is 24.3 Å². The van der Waals surface area contributed by atoms with Crippen LogP contribution in [0.4, 0.5) is 5.69 Å². The van der Waals surface area contributed by atoms with Crippen molar-refractivity contribution >= 4 is 27.5 Å². The summed E-state index contributed by atoms with van der Waals surface area (Å²) in [5, 5.41) is 7.66. The molecule has 9 heteroatoms. The minimum Gasteiger partial charge on any atom is -0.378 e. The Morgan fingerprint density at radius 2 is 1.75 bits per heavy atom. The summed E-state index contributed by atoms with van der Waals surface area (Å²) in [4.78, 5) is 25.5. The van der Waals surface area contributed by atoms with Gasteiger partial charge in [-0.25, -0.2) is 13.6 Å². The number of rotatable bonds is 6. The zero-order valence-corrected chi connectivity index (χ0v) is 14.0. The van der Waals surface area contributed by atoms with E-state index in [0.717, 1.165) is 0 Å². The average molecular weight is 355 g/mol. The normalized spacial score (nSPS) is 15.1. The molecule has 1 saturated heterocycles. The second-order valence-electron chi connectivity index (χ2n) is 5.46. The molecule has 0 aliphatic carbocycles. The topological polar surface area (TPSA) is 119 Å². The van der Waals surface area contributed by atoms with Crippen molar-refractivity contribution in [3.63, 3.8) is 0 Å². The Balaban J connectivity index is 1.74. The molecule has 0 atom stereocenters. The Hall–Kier alpha value is -1.97. The lowest BCUT2D eigenvalue weighted by molar-refractivity contribution is -0.135. The Kier molecular flexibility index (Phi) is 6.29. The summed E-state index contributed by atoms with van der Waals surface area (Å²) in [6.45, 7) is 2.31. The number of anilines is 1. The van der Waals surface area contributed by atoms with Gasteiger partial charge in [-0.1, -0.05) is 0 Å². The molecule has 1 aliphatic heterocycles. The van der Waals surface area contributed by atoms with Gasteiger partial charge >= 0.3 is 0 Å². The second-order valence-corrected chi connectivity index (χ2v) is 7.03. The fraction of sp³-hybridized carbons (Fsp3) is 0.467. The summed E-state index contributed by atoms with van der Waals surface area (Å²) in [7, 11) is -3.75. The maximum Gasteiger partial charge on any atom is 0.238 e. The van der Waals surface area contributed by atoms with Crippen LogP contribution >= 0.6 is 0 Å². The van der Waals surface area contributed by atoms with Gasteiger partial charge in [0.1, 0.15) is 0 Å². The van der Waals surface area contributed by atoms with Crippen LogP contribution in [0.5, 0.6) is 0 Å². The smallest absolute Gasteiger partial charge is 0.238 e. The Morgan fingerprint density at radius 1 is 1.12 bits per heavy atom. The molecule has 2 rings (SSSR count). The molecule has 132 valence electrons. The predicted molar refractivity (Wildman–Crippen MR) is 87.7 cm³/mol. The van der Waals surface area contributed by atoms with Crippen molar-refractivity contribution in [2.75, 3.05) is 31.6 Å². The second kappa shape index (κ2) is 8.22. The van der Waals surface area contributed by atoms with Crippen LogP contribution in [0.2, 0.25) is 0 Å². The van der Waals surface area contributed by atoms with E-state index in [1.807, 2.05) is 0 Å². The highest BCUT2D eigenvalue weighted by molar-refractivity contribution is 7.89. The lowest BCUT2D eigenvalue weighted by Gasteiger charge is -2.26. The first-order valence-corrected chi connectivity index (χ1v) is 9.19. The van der Waals surface area contributed by atoms with Crippen LogP contribution in [0.1, 0.15) is 19.3 Å². The average Bonchev–Trinajstić information content (AvgIpc) is 2.55. The van der Waals surface area contributed by atoms with E-state index in [1.165, 1.54) is 24.3 Å². The van der Waals surface area contributed by atoms with Gasteiger partial charge in [-0.3, -0.25) is 9.59 Å². The van der Waals surface area contributed by atoms with Gasteiger partial charge in [-0.2, -0.15) is 0 Å². The molecular formula is C15H21N3O5S. The maximum absolute atomic E-state index is 11.9.